The fraction of sp³-hybridized carbons (Fsp3) is 0.485. The molecular weight excluding hydrogens is 476 g/mol. The maximum absolute atomic E-state index is 14.8. The van der Waals surface area contributed by atoms with E-state index in [0.29, 0.717) is 6.42 Å². The van der Waals surface area contributed by atoms with E-state index in [4.69, 9.17) is 0 Å². The Kier molecular flexibility index (Phi) is 8.12. The first kappa shape index (κ1) is 29.3. The van der Waals surface area contributed by atoms with Gasteiger partial charge < -0.3 is 10.2 Å². The Hall–Kier alpha value is -3.21. The molecule has 1 fully saturated rings. The Morgan fingerprint density at radius 2 is 1.55 bits per heavy atom. The maximum Gasteiger partial charge on any atom is 0.184 e. The molecule has 1 aromatic carbocycles. The zero-order valence-electron chi connectivity index (χ0n) is 24.1. The van der Waals surface area contributed by atoms with Crippen LogP contribution < -0.4 is 0 Å². The van der Waals surface area contributed by atoms with Gasteiger partial charge in [0.2, 0.25) is 0 Å². The fourth-order valence-electron chi connectivity index (χ4n) is 6.21. The highest BCUT2D eigenvalue weighted by Crippen LogP contribution is 2.66. The lowest BCUT2D eigenvalue weighted by Crippen LogP contribution is -2.68. The fourth-order valence-corrected chi connectivity index (χ4v) is 6.21. The molecule has 0 aromatic heterocycles. The maximum atomic E-state index is 14.8. The van der Waals surface area contributed by atoms with Gasteiger partial charge >= 0.3 is 0 Å². The number of allylic oxidation sites excluding steroid dienone is 8. The van der Waals surface area contributed by atoms with E-state index >= 15 is 0 Å². The summed E-state index contributed by atoms with van der Waals surface area (Å²) in [7, 11) is 0. The van der Waals surface area contributed by atoms with E-state index in [-0.39, 0.29) is 47.8 Å². The number of phenols is 1. The number of ketones is 3. The molecule has 38 heavy (non-hydrogen) atoms. The molecule has 2 aliphatic rings. The summed E-state index contributed by atoms with van der Waals surface area (Å²) in [4.78, 5) is 43.6. The predicted molar refractivity (Wildman–Crippen MR) is 151 cm³/mol. The molecule has 5 nitrogen and oxygen atoms in total. The summed E-state index contributed by atoms with van der Waals surface area (Å²) in [5.41, 5.74) is -0.885. The largest absolute Gasteiger partial charge is 0.511 e. The second-order valence-corrected chi connectivity index (χ2v) is 12.3. The number of carbonyl (C=O) groups is 3. The normalized spacial score (nSPS) is 26.1. The van der Waals surface area contributed by atoms with Crippen LogP contribution in [0.3, 0.4) is 0 Å². The van der Waals surface area contributed by atoms with E-state index in [0.717, 1.165) is 16.7 Å². The summed E-state index contributed by atoms with van der Waals surface area (Å²) in [6, 6.07) is 5.84. The van der Waals surface area contributed by atoms with Gasteiger partial charge in [-0.05, 0) is 90.7 Å². The number of hydrogen-bond acceptors (Lipinski definition) is 5. The minimum Gasteiger partial charge on any atom is -0.511 e. The quantitative estimate of drug-likeness (QED) is 0.210. The molecule has 2 N–H and O–H groups in total. The van der Waals surface area contributed by atoms with Gasteiger partial charge in [0.25, 0.3) is 0 Å². The monoisotopic (exact) mass is 518 g/mol. The lowest BCUT2D eigenvalue weighted by molar-refractivity contribution is -0.165. The van der Waals surface area contributed by atoms with E-state index in [1.165, 1.54) is 24.3 Å². The smallest absolute Gasteiger partial charge is 0.184 e. The number of rotatable bonds is 8. The zero-order chi connectivity index (χ0) is 28.6. The van der Waals surface area contributed by atoms with Crippen LogP contribution >= 0.6 is 0 Å². The van der Waals surface area contributed by atoms with E-state index in [2.05, 4.69) is 6.08 Å². The van der Waals surface area contributed by atoms with Crippen LogP contribution in [0.25, 0.3) is 0 Å². The number of aliphatic hydroxyl groups excluding tert-OH is 1. The first-order valence-corrected chi connectivity index (χ1v) is 13.4. The summed E-state index contributed by atoms with van der Waals surface area (Å²) in [5.74, 6) is -2.30. The average Bonchev–Trinajstić information content (AvgIpc) is 2.82. The molecule has 3 atom stereocenters. The van der Waals surface area contributed by atoms with Crippen molar-refractivity contribution in [3.05, 3.63) is 76.1 Å². The molecule has 0 saturated heterocycles. The molecule has 204 valence electrons. The lowest BCUT2D eigenvalue weighted by Gasteiger charge is -2.60. The molecule has 3 unspecified atom stereocenters. The Morgan fingerprint density at radius 1 is 0.947 bits per heavy atom. The Morgan fingerprint density at radius 3 is 2.11 bits per heavy atom. The summed E-state index contributed by atoms with van der Waals surface area (Å²) in [6.07, 6.45) is 6.81. The van der Waals surface area contributed by atoms with Gasteiger partial charge in [-0.1, -0.05) is 60.9 Å². The van der Waals surface area contributed by atoms with Gasteiger partial charge in [-0.15, -0.1) is 0 Å². The number of Topliss-reactive ketones (excluding diaryl/α,β-unsaturated/α-hetero) is 3. The lowest BCUT2D eigenvalue weighted by atomic mass is 9.40. The highest BCUT2D eigenvalue weighted by molar-refractivity contribution is 6.35. The van der Waals surface area contributed by atoms with E-state index < -0.39 is 33.6 Å². The predicted octanol–water partition coefficient (Wildman–Crippen LogP) is 7.63. The molecule has 0 amide bonds. The zero-order valence-corrected chi connectivity index (χ0v) is 24.1. The summed E-state index contributed by atoms with van der Waals surface area (Å²) in [5, 5.41) is 22.1. The number of aliphatic hydroxyl groups is 1. The molecule has 0 radical (unpaired) electrons. The van der Waals surface area contributed by atoms with Crippen LogP contribution in [0.2, 0.25) is 0 Å². The molecule has 3 rings (SSSR count). The minimum atomic E-state index is -1.98. The highest BCUT2D eigenvalue weighted by Gasteiger charge is 2.73. The highest BCUT2D eigenvalue weighted by atomic mass is 16.3. The molecule has 5 heteroatoms. The third-order valence-corrected chi connectivity index (χ3v) is 8.64. The standard InChI is InChI=1S/C33H42O5/c1-20(2)12-14-24-19-32(27(35)23-10-9-11-25(34)18-23)28(36)26(15-13-21(3)4)29(37)33(30(32)38,31(24,7)8)17-16-22(5)6/h9-13,16,18,24,34,37H,14-15,17,19H2,1-8H3. The molecular formula is C33H42O5. The number of phenolic OH excluding ortho intramolecular Hbond substituents is 1. The van der Waals surface area contributed by atoms with E-state index in [1.54, 1.807) is 0 Å². The molecule has 1 aromatic rings. The SMILES string of the molecule is CC(C)=CCC1=C(O)C2(CC=C(C)C)C(=O)C(C(=O)c3cccc(O)c3)(CC(CC=C(C)C)C2(C)C)C1=O. The molecule has 0 spiro atoms. The second kappa shape index (κ2) is 10.5. The van der Waals surface area contributed by atoms with Gasteiger partial charge in [0, 0.05) is 11.1 Å². The van der Waals surface area contributed by atoms with E-state index in [1.807, 2.05) is 67.5 Å². The number of hydrogen-bond donors (Lipinski definition) is 2. The third kappa shape index (κ3) is 4.61. The summed E-state index contributed by atoms with van der Waals surface area (Å²) >= 11 is 0. The van der Waals surface area contributed by atoms with Crippen LogP contribution in [0.5, 0.6) is 5.75 Å². The van der Waals surface area contributed by atoms with Crippen LogP contribution in [-0.2, 0) is 9.59 Å². The molecule has 1 saturated carbocycles. The Labute approximate surface area is 227 Å². The summed E-state index contributed by atoms with van der Waals surface area (Å²) in [6.45, 7) is 15.6. The minimum absolute atomic E-state index is 0.0537. The van der Waals surface area contributed by atoms with Crippen molar-refractivity contribution in [1.29, 1.82) is 0 Å². The van der Waals surface area contributed by atoms with Gasteiger partial charge in [0.1, 0.15) is 11.5 Å². The first-order chi connectivity index (χ1) is 17.6. The van der Waals surface area contributed by atoms with Crippen molar-refractivity contribution >= 4 is 17.3 Å². The van der Waals surface area contributed by atoms with Crippen molar-refractivity contribution in [2.24, 2.45) is 22.2 Å². The number of carbonyl (C=O) groups excluding carboxylic acids is 3. The molecule has 0 aliphatic heterocycles. The van der Waals surface area contributed by atoms with Gasteiger partial charge in [0.15, 0.2) is 22.8 Å². The van der Waals surface area contributed by atoms with Gasteiger partial charge in [-0.3, -0.25) is 14.4 Å². The molecule has 2 bridgehead atoms. The Bertz CT molecular complexity index is 1280. The van der Waals surface area contributed by atoms with Crippen LogP contribution in [0, 0.1) is 22.2 Å². The van der Waals surface area contributed by atoms with Gasteiger partial charge in [-0.2, -0.15) is 0 Å². The molecule has 0 heterocycles. The van der Waals surface area contributed by atoms with Crippen molar-refractivity contribution in [2.75, 3.05) is 0 Å². The number of benzene rings is 1. The van der Waals surface area contributed by atoms with Crippen molar-refractivity contribution in [2.45, 2.75) is 81.1 Å². The van der Waals surface area contributed by atoms with Crippen LogP contribution in [0.1, 0.15) is 91.4 Å². The Balaban J connectivity index is 2.45. The first-order valence-electron chi connectivity index (χ1n) is 13.4. The second-order valence-electron chi connectivity index (χ2n) is 12.3. The van der Waals surface area contributed by atoms with Crippen molar-refractivity contribution in [3.63, 3.8) is 0 Å². The topological polar surface area (TPSA) is 91.7 Å². The van der Waals surface area contributed by atoms with Crippen molar-refractivity contribution in [1.82, 2.24) is 0 Å². The van der Waals surface area contributed by atoms with Crippen LogP contribution in [0.4, 0.5) is 0 Å². The third-order valence-electron chi connectivity index (χ3n) is 8.64. The van der Waals surface area contributed by atoms with Crippen molar-refractivity contribution in [3.8, 4) is 5.75 Å². The average molecular weight is 519 g/mol. The summed E-state index contributed by atoms with van der Waals surface area (Å²) < 4.78 is 0. The van der Waals surface area contributed by atoms with Gasteiger partial charge in [0.05, 0.1) is 5.41 Å². The van der Waals surface area contributed by atoms with E-state index in [9.17, 15) is 24.6 Å². The van der Waals surface area contributed by atoms with Crippen molar-refractivity contribution < 1.29 is 24.6 Å². The molecule has 2 aliphatic carbocycles. The number of fused-ring (bicyclic) bond motifs is 2. The van der Waals surface area contributed by atoms with Crippen LogP contribution in [-0.4, -0.2) is 27.6 Å². The van der Waals surface area contributed by atoms with Crippen LogP contribution in [0.15, 0.2) is 70.5 Å². The van der Waals surface area contributed by atoms with Gasteiger partial charge in [-0.25, -0.2) is 0 Å². The number of aromatic hydroxyl groups is 1.